The van der Waals surface area contributed by atoms with E-state index in [2.05, 4.69) is 10.6 Å². The smallest absolute Gasteiger partial charge is 0.251 e. The van der Waals surface area contributed by atoms with Crippen molar-refractivity contribution in [1.82, 2.24) is 5.32 Å². The van der Waals surface area contributed by atoms with Gasteiger partial charge in [0.1, 0.15) is 0 Å². The summed E-state index contributed by atoms with van der Waals surface area (Å²) in [6.45, 7) is 1.38. The molecular formula is C13H21N3O3. The molecule has 0 bridgehead atoms. The van der Waals surface area contributed by atoms with Crippen molar-refractivity contribution in [3.8, 4) is 0 Å². The van der Waals surface area contributed by atoms with Crippen molar-refractivity contribution in [3.63, 3.8) is 0 Å². The summed E-state index contributed by atoms with van der Waals surface area (Å²) < 4.78 is 0. The first-order chi connectivity index (χ1) is 9.01. The van der Waals surface area contributed by atoms with Gasteiger partial charge in [-0.2, -0.15) is 0 Å². The van der Waals surface area contributed by atoms with Crippen LogP contribution in [0.1, 0.15) is 23.7 Å². The third kappa shape index (κ3) is 3.36. The molecule has 0 spiro atoms. The van der Waals surface area contributed by atoms with E-state index in [1.807, 2.05) is 6.92 Å². The highest BCUT2D eigenvalue weighted by atomic mass is 16.3. The van der Waals surface area contributed by atoms with Gasteiger partial charge in [0.15, 0.2) is 0 Å². The molecule has 0 radical (unpaired) electrons. The maximum Gasteiger partial charge on any atom is 0.251 e. The number of carbonyl (C=O) groups is 1. The number of aliphatic hydroxyl groups is 2. The molecule has 0 saturated carbocycles. The van der Waals surface area contributed by atoms with Crippen molar-refractivity contribution in [1.29, 1.82) is 0 Å². The zero-order valence-electron chi connectivity index (χ0n) is 11.2. The van der Waals surface area contributed by atoms with E-state index in [-0.39, 0.29) is 19.1 Å². The number of rotatable bonds is 6. The fourth-order valence-corrected chi connectivity index (χ4v) is 1.68. The molecule has 1 amide bonds. The van der Waals surface area contributed by atoms with Gasteiger partial charge in [-0.1, -0.05) is 6.92 Å². The van der Waals surface area contributed by atoms with Gasteiger partial charge in [0, 0.05) is 12.6 Å². The average Bonchev–Trinajstić information content (AvgIpc) is 2.46. The molecule has 0 fully saturated rings. The van der Waals surface area contributed by atoms with E-state index < -0.39 is 5.54 Å². The van der Waals surface area contributed by atoms with Gasteiger partial charge < -0.3 is 26.6 Å². The number of hydrogen-bond donors (Lipinski definition) is 5. The molecular weight excluding hydrogens is 246 g/mol. The SMILES string of the molecule is CCC(CO)(CO)Nc1cc(C(=O)NC)ccc1N. The number of amides is 1. The van der Waals surface area contributed by atoms with Crippen LogP contribution in [0.5, 0.6) is 0 Å². The van der Waals surface area contributed by atoms with Gasteiger partial charge in [-0.05, 0) is 24.6 Å². The zero-order valence-corrected chi connectivity index (χ0v) is 11.2. The van der Waals surface area contributed by atoms with Crippen LogP contribution in [-0.2, 0) is 0 Å². The summed E-state index contributed by atoms with van der Waals surface area (Å²) in [6, 6.07) is 4.83. The lowest BCUT2D eigenvalue weighted by Gasteiger charge is -2.31. The van der Waals surface area contributed by atoms with Crippen LogP contribution in [0.3, 0.4) is 0 Å². The molecule has 1 aromatic rings. The minimum absolute atomic E-state index is 0.224. The lowest BCUT2D eigenvalue weighted by Crippen LogP contribution is -2.45. The summed E-state index contributed by atoms with van der Waals surface area (Å²) in [4.78, 5) is 11.6. The number of nitrogens with one attached hydrogen (secondary N) is 2. The Morgan fingerprint density at radius 3 is 2.47 bits per heavy atom. The summed E-state index contributed by atoms with van der Waals surface area (Å²) in [5, 5.41) is 24.4. The molecule has 1 aromatic carbocycles. The highest BCUT2D eigenvalue weighted by Crippen LogP contribution is 2.25. The van der Waals surface area contributed by atoms with Gasteiger partial charge in [0.2, 0.25) is 0 Å². The molecule has 0 aliphatic rings. The van der Waals surface area contributed by atoms with Crippen LogP contribution in [0, 0.1) is 0 Å². The summed E-state index contributed by atoms with van der Waals surface area (Å²) in [5.41, 5.74) is 6.42. The number of benzene rings is 1. The molecule has 0 aliphatic carbocycles. The normalized spacial score (nSPS) is 11.2. The Labute approximate surface area is 112 Å². The predicted octanol–water partition coefficient (Wildman–Crippen LogP) is 0.174. The molecule has 0 aromatic heterocycles. The second-order valence-electron chi connectivity index (χ2n) is 4.46. The fraction of sp³-hybridized carbons (Fsp3) is 0.462. The Balaban J connectivity index is 3.09. The summed E-state index contributed by atoms with van der Waals surface area (Å²) in [6.07, 6.45) is 0.518. The average molecular weight is 267 g/mol. The Morgan fingerprint density at radius 1 is 1.37 bits per heavy atom. The number of aliphatic hydroxyl groups excluding tert-OH is 2. The van der Waals surface area contributed by atoms with E-state index in [0.29, 0.717) is 23.4 Å². The second-order valence-corrected chi connectivity index (χ2v) is 4.46. The second kappa shape index (κ2) is 6.40. The van der Waals surface area contributed by atoms with Crippen LogP contribution in [0.2, 0.25) is 0 Å². The third-order valence-corrected chi connectivity index (χ3v) is 3.22. The van der Waals surface area contributed by atoms with Crippen molar-refractivity contribution in [2.75, 3.05) is 31.3 Å². The monoisotopic (exact) mass is 267 g/mol. The van der Waals surface area contributed by atoms with E-state index in [9.17, 15) is 15.0 Å². The van der Waals surface area contributed by atoms with Crippen molar-refractivity contribution < 1.29 is 15.0 Å². The van der Waals surface area contributed by atoms with Crippen molar-refractivity contribution in [2.45, 2.75) is 18.9 Å². The minimum Gasteiger partial charge on any atom is -0.397 e. The number of hydrogen-bond acceptors (Lipinski definition) is 5. The quantitative estimate of drug-likeness (QED) is 0.472. The first kappa shape index (κ1) is 15.3. The molecule has 0 unspecified atom stereocenters. The van der Waals surface area contributed by atoms with Crippen molar-refractivity contribution in [3.05, 3.63) is 23.8 Å². The van der Waals surface area contributed by atoms with Gasteiger partial charge >= 0.3 is 0 Å². The lowest BCUT2D eigenvalue weighted by atomic mass is 9.97. The van der Waals surface area contributed by atoms with Gasteiger partial charge in [0.25, 0.3) is 5.91 Å². The Hall–Kier alpha value is -1.79. The molecule has 0 heterocycles. The number of carbonyl (C=O) groups excluding carboxylic acids is 1. The summed E-state index contributed by atoms with van der Waals surface area (Å²) in [7, 11) is 1.55. The standard InChI is InChI=1S/C13H21N3O3/c1-3-13(7-17,8-18)16-11-6-9(12(19)15-2)4-5-10(11)14/h4-6,16-18H,3,7-8,14H2,1-2H3,(H,15,19). The first-order valence-corrected chi connectivity index (χ1v) is 6.13. The van der Waals surface area contributed by atoms with Crippen molar-refractivity contribution in [2.24, 2.45) is 0 Å². The third-order valence-electron chi connectivity index (χ3n) is 3.22. The maximum atomic E-state index is 11.6. The number of nitrogen functional groups attached to an aromatic ring is 1. The van der Waals surface area contributed by atoms with E-state index in [4.69, 9.17) is 5.73 Å². The molecule has 1 rings (SSSR count). The predicted molar refractivity (Wildman–Crippen MR) is 75.1 cm³/mol. The fourth-order valence-electron chi connectivity index (χ4n) is 1.68. The number of nitrogens with two attached hydrogens (primary N) is 1. The van der Waals surface area contributed by atoms with Crippen LogP contribution < -0.4 is 16.4 Å². The number of anilines is 2. The summed E-state index contributed by atoms with van der Waals surface area (Å²) >= 11 is 0. The molecule has 6 heteroatoms. The van der Waals surface area contributed by atoms with Crippen LogP contribution in [0.4, 0.5) is 11.4 Å². The maximum absolute atomic E-state index is 11.6. The molecule has 0 aliphatic heterocycles. The van der Waals surface area contributed by atoms with E-state index >= 15 is 0 Å². The molecule has 19 heavy (non-hydrogen) atoms. The Bertz CT molecular complexity index is 436. The van der Waals surface area contributed by atoms with E-state index in [1.165, 1.54) is 0 Å². The highest BCUT2D eigenvalue weighted by Gasteiger charge is 2.27. The Morgan fingerprint density at radius 2 is 2.00 bits per heavy atom. The lowest BCUT2D eigenvalue weighted by molar-refractivity contribution is 0.0963. The molecule has 6 N–H and O–H groups in total. The van der Waals surface area contributed by atoms with Gasteiger partial charge in [0.05, 0.1) is 30.1 Å². The van der Waals surface area contributed by atoms with Crippen LogP contribution >= 0.6 is 0 Å². The molecule has 6 nitrogen and oxygen atoms in total. The van der Waals surface area contributed by atoms with Crippen LogP contribution in [0.25, 0.3) is 0 Å². The molecule has 0 saturated heterocycles. The molecule has 106 valence electrons. The Kier molecular flexibility index (Phi) is 5.14. The minimum atomic E-state index is -0.852. The topological polar surface area (TPSA) is 108 Å². The van der Waals surface area contributed by atoms with Crippen LogP contribution in [-0.4, -0.2) is 41.9 Å². The van der Waals surface area contributed by atoms with Gasteiger partial charge in [-0.25, -0.2) is 0 Å². The van der Waals surface area contributed by atoms with E-state index in [0.717, 1.165) is 0 Å². The van der Waals surface area contributed by atoms with E-state index in [1.54, 1.807) is 25.2 Å². The highest BCUT2D eigenvalue weighted by molar-refractivity contribution is 5.96. The van der Waals surface area contributed by atoms with Gasteiger partial charge in [-0.15, -0.1) is 0 Å². The molecule has 0 atom stereocenters. The van der Waals surface area contributed by atoms with Gasteiger partial charge in [-0.3, -0.25) is 4.79 Å². The first-order valence-electron chi connectivity index (χ1n) is 6.13. The van der Waals surface area contributed by atoms with Crippen molar-refractivity contribution >= 4 is 17.3 Å². The van der Waals surface area contributed by atoms with Crippen LogP contribution in [0.15, 0.2) is 18.2 Å². The largest absolute Gasteiger partial charge is 0.397 e. The zero-order chi connectivity index (χ0) is 14.5. The summed E-state index contributed by atoms with van der Waals surface area (Å²) in [5.74, 6) is -0.224.